The number of likely N-dealkylation sites (tertiary alicyclic amines) is 1. The highest BCUT2D eigenvalue weighted by Gasteiger charge is 2.22. The van der Waals surface area contributed by atoms with Crippen LogP contribution in [0.3, 0.4) is 0 Å². The van der Waals surface area contributed by atoms with E-state index in [2.05, 4.69) is 31.7 Å². The van der Waals surface area contributed by atoms with Gasteiger partial charge >= 0.3 is 0 Å². The first-order valence-corrected chi connectivity index (χ1v) is 5.07. The molecule has 4 nitrogen and oxygen atoms in total. The Morgan fingerprint density at radius 3 is 2.85 bits per heavy atom. The Labute approximate surface area is 85.4 Å². The fourth-order valence-corrected chi connectivity index (χ4v) is 1.74. The van der Waals surface area contributed by atoms with Gasteiger partial charge < -0.3 is 10.0 Å². The molecule has 2 aliphatic rings. The standard InChI is InChI=1S/C8H12BrN3O/c9-7-1-2-8(11-10-7)12-4-3-6(13)5-12/h1-2,6,10-11,13H,3-5H2/t6-/m1/s1. The summed E-state index contributed by atoms with van der Waals surface area (Å²) in [7, 11) is 0. The van der Waals surface area contributed by atoms with Gasteiger partial charge in [-0.3, -0.25) is 10.9 Å². The molecule has 0 unspecified atom stereocenters. The lowest BCUT2D eigenvalue weighted by molar-refractivity contribution is 0.181. The van der Waals surface area contributed by atoms with Crippen molar-refractivity contribution in [1.82, 2.24) is 15.8 Å². The monoisotopic (exact) mass is 245 g/mol. The van der Waals surface area contributed by atoms with E-state index in [9.17, 15) is 5.11 Å². The van der Waals surface area contributed by atoms with E-state index < -0.39 is 0 Å². The molecule has 72 valence electrons. The minimum atomic E-state index is -0.183. The second-order valence-corrected chi connectivity index (χ2v) is 4.06. The van der Waals surface area contributed by atoms with Crippen molar-refractivity contribution in [2.75, 3.05) is 13.1 Å². The summed E-state index contributed by atoms with van der Waals surface area (Å²) in [5, 5.41) is 9.34. The van der Waals surface area contributed by atoms with Crippen LogP contribution < -0.4 is 10.9 Å². The third-order valence-corrected chi connectivity index (χ3v) is 2.66. The van der Waals surface area contributed by atoms with Crippen LogP contribution in [0.25, 0.3) is 0 Å². The van der Waals surface area contributed by atoms with Gasteiger partial charge in [0.2, 0.25) is 0 Å². The molecule has 2 rings (SSSR count). The van der Waals surface area contributed by atoms with Crippen molar-refractivity contribution in [2.45, 2.75) is 12.5 Å². The summed E-state index contributed by atoms with van der Waals surface area (Å²) >= 11 is 3.31. The summed E-state index contributed by atoms with van der Waals surface area (Å²) in [4.78, 5) is 2.12. The van der Waals surface area contributed by atoms with Crippen molar-refractivity contribution in [3.05, 3.63) is 22.6 Å². The first kappa shape index (κ1) is 8.90. The van der Waals surface area contributed by atoms with Crippen molar-refractivity contribution in [3.63, 3.8) is 0 Å². The number of nitrogens with zero attached hydrogens (tertiary/aromatic N) is 1. The zero-order valence-corrected chi connectivity index (χ0v) is 8.71. The second-order valence-electron chi connectivity index (χ2n) is 3.21. The highest BCUT2D eigenvalue weighted by atomic mass is 79.9. The molecule has 0 spiro atoms. The summed E-state index contributed by atoms with van der Waals surface area (Å²) in [6.07, 6.45) is 4.59. The van der Waals surface area contributed by atoms with Crippen molar-refractivity contribution in [3.8, 4) is 0 Å². The van der Waals surface area contributed by atoms with Gasteiger partial charge in [0.1, 0.15) is 5.82 Å². The minimum Gasteiger partial charge on any atom is -0.391 e. The molecule has 1 atom stereocenters. The van der Waals surface area contributed by atoms with Gasteiger partial charge in [-0.2, -0.15) is 0 Å². The van der Waals surface area contributed by atoms with Gasteiger partial charge in [0.15, 0.2) is 0 Å². The van der Waals surface area contributed by atoms with Gasteiger partial charge in [-0.15, -0.1) is 0 Å². The first-order chi connectivity index (χ1) is 6.25. The van der Waals surface area contributed by atoms with Gasteiger partial charge in [-0.25, -0.2) is 0 Å². The van der Waals surface area contributed by atoms with Crippen LogP contribution in [0.2, 0.25) is 0 Å². The predicted octanol–water partition coefficient (Wildman–Crippen LogP) is 0.239. The fraction of sp³-hybridized carbons (Fsp3) is 0.500. The minimum absolute atomic E-state index is 0.183. The molecule has 0 aliphatic carbocycles. The molecule has 1 fully saturated rings. The molecule has 0 saturated carbocycles. The second kappa shape index (κ2) is 3.59. The molecule has 5 heteroatoms. The number of aliphatic hydroxyl groups is 1. The van der Waals surface area contributed by atoms with Crippen LogP contribution in [-0.2, 0) is 0 Å². The van der Waals surface area contributed by atoms with E-state index in [0.717, 1.165) is 23.4 Å². The molecule has 0 aromatic carbocycles. The van der Waals surface area contributed by atoms with Crippen LogP contribution >= 0.6 is 15.9 Å². The molecule has 13 heavy (non-hydrogen) atoms. The number of rotatable bonds is 1. The lowest BCUT2D eigenvalue weighted by Crippen LogP contribution is -2.39. The summed E-state index contributed by atoms with van der Waals surface area (Å²) in [5.74, 6) is 1.01. The SMILES string of the molecule is O[C@@H]1CCN(C2=CC=C(Br)NN2)C1. The lowest BCUT2D eigenvalue weighted by atomic mass is 10.3. The van der Waals surface area contributed by atoms with Crippen LogP contribution in [0, 0.1) is 0 Å². The van der Waals surface area contributed by atoms with E-state index in [1.54, 1.807) is 0 Å². The average molecular weight is 246 g/mol. The van der Waals surface area contributed by atoms with E-state index in [1.165, 1.54) is 0 Å². The van der Waals surface area contributed by atoms with Crippen molar-refractivity contribution in [1.29, 1.82) is 0 Å². The van der Waals surface area contributed by atoms with Crippen molar-refractivity contribution < 1.29 is 5.11 Å². The molecular weight excluding hydrogens is 234 g/mol. The number of aliphatic hydroxyl groups excluding tert-OH is 1. The van der Waals surface area contributed by atoms with E-state index in [0.29, 0.717) is 6.54 Å². The summed E-state index contributed by atoms with van der Waals surface area (Å²) in [6.45, 7) is 1.62. The van der Waals surface area contributed by atoms with Crippen LogP contribution in [-0.4, -0.2) is 29.2 Å². The zero-order chi connectivity index (χ0) is 9.26. The molecule has 0 aromatic rings. The lowest BCUT2D eigenvalue weighted by Gasteiger charge is -2.25. The van der Waals surface area contributed by atoms with Crippen LogP contribution in [0.4, 0.5) is 0 Å². The number of allylic oxidation sites excluding steroid dienone is 2. The highest BCUT2D eigenvalue weighted by molar-refractivity contribution is 9.11. The molecule has 1 saturated heterocycles. The van der Waals surface area contributed by atoms with E-state index in [4.69, 9.17) is 0 Å². The molecule has 0 radical (unpaired) electrons. The Balaban J connectivity index is 2.02. The molecule has 3 N–H and O–H groups in total. The summed E-state index contributed by atoms with van der Waals surface area (Å²) in [6, 6.07) is 0. The van der Waals surface area contributed by atoms with Crippen molar-refractivity contribution in [2.24, 2.45) is 0 Å². The Bertz CT molecular complexity index is 264. The van der Waals surface area contributed by atoms with Gasteiger partial charge in [0.05, 0.1) is 10.7 Å². The van der Waals surface area contributed by atoms with E-state index in [-0.39, 0.29) is 6.10 Å². The Morgan fingerprint density at radius 2 is 2.31 bits per heavy atom. The third kappa shape index (κ3) is 1.97. The molecule has 0 amide bonds. The Morgan fingerprint density at radius 1 is 1.46 bits per heavy atom. The normalized spacial score (nSPS) is 27.5. The fourth-order valence-electron chi connectivity index (χ4n) is 1.50. The Hall–Kier alpha value is -0.680. The van der Waals surface area contributed by atoms with Crippen LogP contribution in [0.1, 0.15) is 6.42 Å². The van der Waals surface area contributed by atoms with Gasteiger partial charge in [0, 0.05) is 13.1 Å². The van der Waals surface area contributed by atoms with Gasteiger partial charge in [0.25, 0.3) is 0 Å². The van der Waals surface area contributed by atoms with Crippen LogP contribution in [0.15, 0.2) is 22.6 Å². The number of nitrogens with one attached hydrogen (secondary N) is 2. The topological polar surface area (TPSA) is 47.5 Å². The highest BCUT2D eigenvalue weighted by Crippen LogP contribution is 2.15. The maximum Gasteiger partial charge on any atom is 0.120 e. The number of halogens is 1. The van der Waals surface area contributed by atoms with Crippen LogP contribution in [0.5, 0.6) is 0 Å². The predicted molar refractivity (Wildman–Crippen MR) is 53.6 cm³/mol. The summed E-state index contributed by atoms with van der Waals surface area (Å²) in [5.41, 5.74) is 6.00. The average Bonchev–Trinajstić information content (AvgIpc) is 2.53. The summed E-state index contributed by atoms with van der Waals surface area (Å²) < 4.78 is 0.913. The molecular formula is C8H12BrN3O. The van der Waals surface area contributed by atoms with E-state index in [1.807, 2.05) is 12.2 Å². The zero-order valence-electron chi connectivity index (χ0n) is 7.13. The van der Waals surface area contributed by atoms with Crippen molar-refractivity contribution >= 4 is 15.9 Å². The number of hydrogen-bond acceptors (Lipinski definition) is 4. The van der Waals surface area contributed by atoms with Gasteiger partial charge in [-0.1, -0.05) is 0 Å². The maximum atomic E-state index is 9.34. The third-order valence-electron chi connectivity index (χ3n) is 2.20. The largest absolute Gasteiger partial charge is 0.391 e. The quantitative estimate of drug-likeness (QED) is 0.580. The van der Waals surface area contributed by atoms with E-state index >= 15 is 0 Å². The number of hydrogen-bond donors (Lipinski definition) is 3. The molecule has 0 aromatic heterocycles. The molecule has 2 aliphatic heterocycles. The number of β-amino-alcohol motifs (C(OH)–C–C–N with tert-alkyl or cyclic N) is 1. The molecule has 2 heterocycles. The Kier molecular flexibility index (Phi) is 2.46. The molecule has 0 bridgehead atoms. The smallest absolute Gasteiger partial charge is 0.120 e. The van der Waals surface area contributed by atoms with Gasteiger partial charge in [-0.05, 0) is 34.5 Å². The number of hydrazine groups is 1. The maximum absolute atomic E-state index is 9.34. The first-order valence-electron chi connectivity index (χ1n) is 4.28.